The lowest BCUT2D eigenvalue weighted by atomic mass is 10.1. The van der Waals surface area contributed by atoms with Crippen LogP contribution in [0.5, 0.6) is 5.75 Å². The number of pyridine rings is 1. The largest absolute Gasteiger partial charge is 0.495 e. The topological polar surface area (TPSA) is 60.2 Å². The van der Waals surface area contributed by atoms with Crippen LogP contribution in [0.1, 0.15) is 11.6 Å². The summed E-state index contributed by atoms with van der Waals surface area (Å²) in [6.07, 6.45) is 3.48. The third kappa shape index (κ3) is 3.96. The van der Waals surface area contributed by atoms with Crippen LogP contribution in [0.2, 0.25) is 0 Å². The number of halogens is 1. The van der Waals surface area contributed by atoms with E-state index in [-0.39, 0.29) is 6.04 Å². The number of nitrogens with two attached hydrogens (primary N) is 1. The van der Waals surface area contributed by atoms with Crippen molar-refractivity contribution in [2.75, 3.05) is 12.9 Å². The number of hydrazine groups is 1. The first-order chi connectivity index (χ1) is 9.74. The second-order valence-corrected chi connectivity index (χ2v) is 6.03. The summed E-state index contributed by atoms with van der Waals surface area (Å²) >= 11 is 5.27. The zero-order chi connectivity index (χ0) is 14.4. The van der Waals surface area contributed by atoms with Gasteiger partial charge in [-0.05, 0) is 39.7 Å². The van der Waals surface area contributed by atoms with Crippen LogP contribution in [0.25, 0.3) is 0 Å². The number of nitrogens with one attached hydrogen (secondary N) is 1. The van der Waals surface area contributed by atoms with E-state index in [0.717, 1.165) is 21.5 Å². The number of benzene rings is 1. The Bertz CT molecular complexity index is 568. The van der Waals surface area contributed by atoms with E-state index in [2.05, 4.69) is 32.4 Å². The third-order valence-corrected chi connectivity index (χ3v) is 4.94. The quantitative estimate of drug-likeness (QED) is 0.474. The molecule has 0 spiro atoms. The van der Waals surface area contributed by atoms with Crippen molar-refractivity contribution in [3.05, 3.63) is 52.8 Å². The normalized spacial score (nSPS) is 12.2. The molecule has 0 bridgehead atoms. The summed E-state index contributed by atoms with van der Waals surface area (Å²) in [5, 5.41) is 0. The summed E-state index contributed by atoms with van der Waals surface area (Å²) in [7, 11) is 1.63. The monoisotopic (exact) mass is 353 g/mol. The molecular weight excluding hydrogens is 338 g/mol. The van der Waals surface area contributed by atoms with Crippen LogP contribution >= 0.6 is 27.7 Å². The molecule has 2 rings (SSSR count). The lowest BCUT2D eigenvalue weighted by Gasteiger charge is -2.16. The molecule has 1 unspecified atom stereocenters. The van der Waals surface area contributed by atoms with Gasteiger partial charge >= 0.3 is 0 Å². The molecule has 1 heterocycles. The van der Waals surface area contributed by atoms with Crippen molar-refractivity contribution >= 4 is 27.7 Å². The predicted octanol–water partition coefficient (Wildman–Crippen LogP) is 3.15. The Morgan fingerprint density at radius 3 is 2.90 bits per heavy atom. The Labute approximate surface area is 131 Å². The number of hydrogen-bond acceptors (Lipinski definition) is 5. The van der Waals surface area contributed by atoms with Crippen LogP contribution in [-0.2, 0) is 0 Å². The van der Waals surface area contributed by atoms with Crippen molar-refractivity contribution in [1.82, 2.24) is 10.4 Å². The van der Waals surface area contributed by atoms with Crippen LogP contribution in [-0.4, -0.2) is 17.8 Å². The number of thioether (sulfide) groups is 1. The number of ether oxygens (including phenoxy) is 1. The summed E-state index contributed by atoms with van der Waals surface area (Å²) in [5.74, 6) is 7.18. The lowest BCUT2D eigenvalue weighted by molar-refractivity contribution is 0.411. The van der Waals surface area contributed by atoms with Gasteiger partial charge in [0.2, 0.25) is 0 Å². The summed E-state index contributed by atoms with van der Waals surface area (Å²) in [6.45, 7) is 0. The van der Waals surface area contributed by atoms with E-state index in [9.17, 15) is 0 Å². The molecule has 0 amide bonds. The van der Waals surface area contributed by atoms with Crippen molar-refractivity contribution in [1.29, 1.82) is 0 Å². The van der Waals surface area contributed by atoms with Gasteiger partial charge in [-0.25, -0.2) is 0 Å². The van der Waals surface area contributed by atoms with E-state index in [1.165, 1.54) is 4.90 Å². The molecule has 0 aliphatic rings. The molecule has 0 aliphatic carbocycles. The lowest BCUT2D eigenvalue weighted by Crippen LogP contribution is -2.29. The molecule has 20 heavy (non-hydrogen) atoms. The van der Waals surface area contributed by atoms with Gasteiger partial charge in [0.1, 0.15) is 5.75 Å². The van der Waals surface area contributed by atoms with Crippen molar-refractivity contribution in [3.8, 4) is 5.75 Å². The van der Waals surface area contributed by atoms with E-state index in [0.29, 0.717) is 0 Å². The molecule has 1 aromatic carbocycles. The van der Waals surface area contributed by atoms with Gasteiger partial charge in [-0.1, -0.05) is 12.1 Å². The Morgan fingerprint density at radius 2 is 2.20 bits per heavy atom. The van der Waals surface area contributed by atoms with Gasteiger partial charge in [0.05, 0.1) is 19.3 Å². The third-order valence-electron chi connectivity index (χ3n) is 2.82. The minimum Gasteiger partial charge on any atom is -0.495 e. The van der Waals surface area contributed by atoms with Crippen LogP contribution in [0.3, 0.4) is 0 Å². The average Bonchev–Trinajstić information content (AvgIpc) is 2.50. The fourth-order valence-electron chi connectivity index (χ4n) is 1.71. The molecule has 0 saturated heterocycles. The molecule has 1 aromatic heterocycles. The summed E-state index contributed by atoms with van der Waals surface area (Å²) in [4.78, 5) is 5.34. The molecule has 3 N–H and O–H groups in total. The van der Waals surface area contributed by atoms with E-state index in [4.69, 9.17) is 10.6 Å². The number of rotatable bonds is 6. The maximum Gasteiger partial charge on any atom is 0.137 e. The molecule has 0 fully saturated rings. The van der Waals surface area contributed by atoms with Gasteiger partial charge in [0.25, 0.3) is 0 Å². The maximum absolute atomic E-state index is 5.65. The van der Waals surface area contributed by atoms with E-state index >= 15 is 0 Å². The fourth-order valence-corrected chi connectivity index (χ4v) is 3.36. The van der Waals surface area contributed by atoms with Gasteiger partial charge < -0.3 is 4.74 Å². The summed E-state index contributed by atoms with van der Waals surface area (Å²) in [5.41, 5.74) is 3.83. The first kappa shape index (κ1) is 15.3. The van der Waals surface area contributed by atoms with Gasteiger partial charge in [0, 0.05) is 21.3 Å². The zero-order valence-corrected chi connectivity index (χ0v) is 13.4. The smallest absolute Gasteiger partial charge is 0.137 e. The Kier molecular flexibility index (Phi) is 5.85. The highest BCUT2D eigenvalue weighted by molar-refractivity contribution is 9.10. The molecule has 4 nitrogen and oxygen atoms in total. The maximum atomic E-state index is 5.65. The molecule has 2 aromatic rings. The van der Waals surface area contributed by atoms with Crippen LogP contribution in [0.15, 0.2) is 52.1 Å². The second-order valence-electron chi connectivity index (χ2n) is 4.12. The van der Waals surface area contributed by atoms with Crippen molar-refractivity contribution in [2.24, 2.45) is 5.84 Å². The SMILES string of the molecule is COc1cncc(C(CSc2ccccc2Br)NN)c1. The van der Waals surface area contributed by atoms with Crippen molar-refractivity contribution in [3.63, 3.8) is 0 Å². The van der Waals surface area contributed by atoms with Gasteiger partial charge in [0.15, 0.2) is 0 Å². The zero-order valence-electron chi connectivity index (χ0n) is 11.0. The van der Waals surface area contributed by atoms with Gasteiger partial charge in [-0.3, -0.25) is 16.3 Å². The molecule has 0 saturated carbocycles. The molecule has 0 radical (unpaired) electrons. The minimum atomic E-state index is 0.00899. The molecular formula is C14H16BrN3OS. The molecule has 6 heteroatoms. The number of aromatic nitrogens is 1. The highest BCUT2D eigenvalue weighted by Crippen LogP contribution is 2.30. The van der Waals surface area contributed by atoms with Gasteiger partial charge in [-0.2, -0.15) is 0 Å². The van der Waals surface area contributed by atoms with E-state index < -0.39 is 0 Å². The Balaban J connectivity index is 2.07. The van der Waals surface area contributed by atoms with Crippen molar-refractivity contribution < 1.29 is 4.74 Å². The van der Waals surface area contributed by atoms with Gasteiger partial charge in [-0.15, -0.1) is 11.8 Å². The standard InChI is InChI=1S/C14H16BrN3OS/c1-19-11-6-10(7-17-8-11)13(18-16)9-20-14-5-3-2-4-12(14)15/h2-8,13,18H,9,16H2,1H3. The average molecular weight is 354 g/mol. The summed E-state index contributed by atoms with van der Waals surface area (Å²) < 4.78 is 6.27. The first-order valence-corrected chi connectivity index (χ1v) is 7.85. The van der Waals surface area contributed by atoms with Crippen LogP contribution in [0.4, 0.5) is 0 Å². The molecule has 1 atom stereocenters. The Morgan fingerprint density at radius 1 is 1.40 bits per heavy atom. The highest BCUT2D eigenvalue weighted by Gasteiger charge is 2.12. The number of hydrogen-bond donors (Lipinski definition) is 2. The van der Waals surface area contributed by atoms with E-state index in [1.807, 2.05) is 24.3 Å². The van der Waals surface area contributed by atoms with Crippen LogP contribution in [0, 0.1) is 0 Å². The molecule has 106 valence electrons. The Hall–Kier alpha value is -1.08. The molecule has 0 aliphatic heterocycles. The van der Waals surface area contributed by atoms with Crippen LogP contribution < -0.4 is 16.0 Å². The fraction of sp³-hybridized carbons (Fsp3) is 0.214. The number of methoxy groups -OCH3 is 1. The predicted molar refractivity (Wildman–Crippen MR) is 85.7 cm³/mol. The van der Waals surface area contributed by atoms with E-state index in [1.54, 1.807) is 31.3 Å². The second kappa shape index (κ2) is 7.64. The first-order valence-electron chi connectivity index (χ1n) is 6.07. The van der Waals surface area contributed by atoms with Crippen molar-refractivity contribution in [2.45, 2.75) is 10.9 Å². The summed E-state index contributed by atoms with van der Waals surface area (Å²) in [6, 6.07) is 10.1. The number of nitrogens with zero attached hydrogens (tertiary/aromatic N) is 1. The minimum absolute atomic E-state index is 0.00899. The highest BCUT2D eigenvalue weighted by atomic mass is 79.9.